The predicted molar refractivity (Wildman–Crippen MR) is 121 cm³/mol. The number of fused-ring (bicyclic) bond motifs is 1. The van der Waals surface area contributed by atoms with E-state index in [4.69, 9.17) is 5.10 Å². The van der Waals surface area contributed by atoms with Crippen molar-refractivity contribution in [3.05, 3.63) is 84.3 Å². The third-order valence-corrected chi connectivity index (χ3v) is 6.54. The zero-order chi connectivity index (χ0) is 20.7. The summed E-state index contributed by atoms with van der Waals surface area (Å²) in [5.41, 5.74) is 4.63. The van der Waals surface area contributed by atoms with Crippen molar-refractivity contribution in [3.63, 3.8) is 0 Å². The number of nitrogens with zero attached hydrogens (tertiary/aromatic N) is 4. The number of nitrogens with one attached hydrogen (secondary N) is 1. The molecule has 5 nitrogen and oxygen atoms in total. The predicted octanol–water partition coefficient (Wildman–Crippen LogP) is 5.38. The largest absolute Gasteiger partial charge is 0.364 e. The monoisotopic (exact) mass is 399 g/mol. The zero-order valence-electron chi connectivity index (χ0n) is 17.8. The number of aromatic nitrogens is 3. The molecule has 2 aliphatic heterocycles. The average Bonchev–Trinajstić information content (AvgIpc) is 3.42. The van der Waals surface area contributed by atoms with Gasteiger partial charge in [-0.1, -0.05) is 43.0 Å². The molecule has 0 amide bonds. The lowest BCUT2D eigenvalue weighted by Gasteiger charge is -2.39. The summed E-state index contributed by atoms with van der Waals surface area (Å²) in [7, 11) is 0. The first kappa shape index (κ1) is 18.9. The minimum atomic E-state index is -0.0760. The van der Waals surface area contributed by atoms with Crippen LogP contribution in [-0.2, 0) is 5.54 Å². The van der Waals surface area contributed by atoms with Crippen LogP contribution < -0.4 is 5.32 Å². The van der Waals surface area contributed by atoms with E-state index < -0.39 is 0 Å². The summed E-state index contributed by atoms with van der Waals surface area (Å²) >= 11 is 0. The highest BCUT2D eigenvalue weighted by Gasteiger charge is 2.37. The lowest BCUT2D eigenvalue weighted by Crippen LogP contribution is -2.38. The molecule has 2 aromatic heterocycles. The third kappa shape index (κ3) is 3.18. The van der Waals surface area contributed by atoms with Crippen LogP contribution in [-0.4, -0.2) is 26.2 Å². The van der Waals surface area contributed by atoms with E-state index >= 15 is 0 Å². The number of pyridine rings is 1. The topological polar surface area (TPSA) is 46.0 Å². The normalized spacial score (nSPS) is 22.4. The van der Waals surface area contributed by atoms with Gasteiger partial charge in [-0.2, -0.15) is 5.10 Å². The molecule has 5 heteroatoms. The minimum absolute atomic E-state index is 0.0760. The second kappa shape index (κ2) is 7.31. The van der Waals surface area contributed by atoms with Crippen molar-refractivity contribution in [2.24, 2.45) is 0 Å². The average molecular weight is 400 g/mol. The Morgan fingerprint density at radius 3 is 2.67 bits per heavy atom. The second-order valence-electron chi connectivity index (χ2n) is 9.03. The lowest BCUT2D eigenvalue weighted by molar-refractivity contribution is 0.263. The molecule has 4 heterocycles. The van der Waals surface area contributed by atoms with E-state index in [-0.39, 0.29) is 11.6 Å². The molecule has 2 unspecified atom stereocenters. The van der Waals surface area contributed by atoms with Crippen molar-refractivity contribution in [1.29, 1.82) is 0 Å². The molecule has 1 fully saturated rings. The van der Waals surface area contributed by atoms with Gasteiger partial charge in [0.2, 0.25) is 0 Å². The van der Waals surface area contributed by atoms with Gasteiger partial charge in [0.25, 0.3) is 0 Å². The van der Waals surface area contributed by atoms with Crippen molar-refractivity contribution < 1.29 is 0 Å². The van der Waals surface area contributed by atoms with Crippen LogP contribution in [0.15, 0.2) is 67.6 Å². The summed E-state index contributed by atoms with van der Waals surface area (Å²) in [6, 6.07) is 15.5. The van der Waals surface area contributed by atoms with E-state index in [1.807, 2.05) is 24.7 Å². The number of benzene rings is 1. The molecule has 2 atom stereocenters. The van der Waals surface area contributed by atoms with E-state index in [0.29, 0.717) is 6.04 Å². The van der Waals surface area contributed by atoms with Gasteiger partial charge in [0.05, 0.1) is 29.4 Å². The van der Waals surface area contributed by atoms with E-state index in [9.17, 15) is 0 Å². The van der Waals surface area contributed by atoms with Gasteiger partial charge in [-0.3, -0.25) is 4.98 Å². The Morgan fingerprint density at radius 1 is 1.10 bits per heavy atom. The van der Waals surface area contributed by atoms with Crippen LogP contribution in [0, 0.1) is 0 Å². The maximum atomic E-state index is 4.78. The van der Waals surface area contributed by atoms with Gasteiger partial charge in [-0.25, -0.2) is 4.68 Å². The Kier molecular flexibility index (Phi) is 4.61. The van der Waals surface area contributed by atoms with Crippen LogP contribution in [0.4, 0.5) is 5.82 Å². The fraction of sp³-hybridized carbons (Fsp3) is 0.360. The molecular formula is C25H29N5. The number of likely N-dealkylation sites (tertiary alicyclic amines) is 1. The summed E-state index contributed by atoms with van der Waals surface area (Å²) in [5, 5.41) is 8.56. The summed E-state index contributed by atoms with van der Waals surface area (Å²) in [6.07, 6.45) is 9.07. The molecule has 1 aromatic carbocycles. The van der Waals surface area contributed by atoms with Crippen LogP contribution in [0.1, 0.15) is 61.9 Å². The van der Waals surface area contributed by atoms with Gasteiger partial charge in [0, 0.05) is 24.6 Å². The Hall–Kier alpha value is -3.08. The van der Waals surface area contributed by atoms with Crippen LogP contribution in [0.2, 0.25) is 0 Å². The molecule has 2 aliphatic rings. The van der Waals surface area contributed by atoms with Gasteiger partial charge < -0.3 is 10.2 Å². The van der Waals surface area contributed by atoms with E-state index in [2.05, 4.69) is 76.7 Å². The summed E-state index contributed by atoms with van der Waals surface area (Å²) < 4.78 is 2.14. The number of hydrogen-bond acceptors (Lipinski definition) is 4. The number of hydrogen-bond donors (Lipinski definition) is 1. The van der Waals surface area contributed by atoms with Crippen molar-refractivity contribution >= 4 is 11.5 Å². The molecule has 0 saturated carbocycles. The van der Waals surface area contributed by atoms with Crippen molar-refractivity contribution in [3.8, 4) is 0 Å². The fourth-order valence-corrected chi connectivity index (χ4v) is 5.01. The first-order valence-corrected chi connectivity index (χ1v) is 10.8. The van der Waals surface area contributed by atoms with Crippen LogP contribution >= 0.6 is 0 Å². The molecule has 30 heavy (non-hydrogen) atoms. The highest BCUT2D eigenvalue weighted by atomic mass is 15.4. The number of rotatable bonds is 4. The maximum Gasteiger partial charge on any atom is 0.134 e. The van der Waals surface area contributed by atoms with E-state index in [1.165, 1.54) is 11.1 Å². The van der Waals surface area contributed by atoms with E-state index in [0.717, 1.165) is 42.9 Å². The molecule has 3 aromatic rings. The number of anilines is 1. The van der Waals surface area contributed by atoms with Gasteiger partial charge in [-0.15, -0.1) is 0 Å². The first-order chi connectivity index (χ1) is 14.5. The van der Waals surface area contributed by atoms with Crippen LogP contribution in [0.3, 0.4) is 0 Å². The lowest BCUT2D eigenvalue weighted by atomic mass is 9.89. The van der Waals surface area contributed by atoms with Crippen LogP contribution in [0.5, 0.6) is 0 Å². The van der Waals surface area contributed by atoms with Gasteiger partial charge in [0.15, 0.2) is 0 Å². The maximum absolute atomic E-state index is 4.78. The molecular weight excluding hydrogens is 370 g/mol. The first-order valence-electron chi connectivity index (χ1n) is 10.8. The van der Waals surface area contributed by atoms with Crippen molar-refractivity contribution in [1.82, 2.24) is 19.7 Å². The summed E-state index contributed by atoms with van der Waals surface area (Å²) in [5.74, 6) is 1.07. The third-order valence-electron chi connectivity index (χ3n) is 6.54. The highest BCUT2D eigenvalue weighted by Crippen LogP contribution is 2.44. The van der Waals surface area contributed by atoms with Crippen molar-refractivity contribution in [2.45, 2.75) is 50.7 Å². The van der Waals surface area contributed by atoms with Gasteiger partial charge in [-0.05, 0) is 50.3 Å². The Bertz CT molecular complexity index is 1040. The quantitative estimate of drug-likeness (QED) is 0.640. The molecule has 0 spiro atoms. The molecule has 154 valence electrons. The summed E-state index contributed by atoms with van der Waals surface area (Å²) in [6.45, 7) is 10.1. The van der Waals surface area contributed by atoms with Crippen LogP contribution in [0.25, 0.3) is 5.70 Å². The summed E-state index contributed by atoms with van der Waals surface area (Å²) in [4.78, 5) is 6.76. The fourth-order valence-electron chi connectivity index (χ4n) is 5.01. The van der Waals surface area contributed by atoms with Gasteiger partial charge >= 0.3 is 0 Å². The van der Waals surface area contributed by atoms with E-state index in [1.54, 1.807) is 0 Å². The Labute approximate surface area is 178 Å². The smallest absolute Gasteiger partial charge is 0.134 e. The molecule has 0 radical (unpaired) electrons. The minimum Gasteiger partial charge on any atom is -0.364 e. The van der Waals surface area contributed by atoms with Crippen molar-refractivity contribution in [2.75, 3.05) is 11.9 Å². The van der Waals surface area contributed by atoms with Gasteiger partial charge in [0.1, 0.15) is 5.82 Å². The zero-order valence-corrected chi connectivity index (χ0v) is 17.8. The standard InChI is InChI=1S/C25H29N5/c1-18(29-14-8-12-23(29)20-11-7-13-26-16-20)21-17-27-30-24(21)28-22(15-25(30,2)3)19-9-5-4-6-10-19/h4-7,9-11,13,16-17,22-23,28H,1,8,12,14-15H2,2-3H3. The Balaban J connectivity index is 1.48. The highest BCUT2D eigenvalue weighted by molar-refractivity contribution is 5.73. The molecule has 0 bridgehead atoms. The molecule has 1 N–H and O–H groups in total. The molecule has 5 rings (SSSR count). The SMILES string of the molecule is C=C(c1cnn2c1NC(c1ccccc1)CC2(C)C)N1CCCC1c1cccnc1. The molecule has 0 aliphatic carbocycles. The second-order valence-corrected chi connectivity index (χ2v) is 9.03. The molecule has 1 saturated heterocycles. The Morgan fingerprint density at radius 2 is 1.90 bits per heavy atom.